The molecule has 0 saturated carbocycles. The van der Waals surface area contributed by atoms with Crippen molar-refractivity contribution < 1.29 is 14.3 Å². The van der Waals surface area contributed by atoms with Gasteiger partial charge in [0.15, 0.2) is 5.60 Å². The van der Waals surface area contributed by atoms with E-state index in [0.29, 0.717) is 19.6 Å². The zero-order valence-electron chi connectivity index (χ0n) is 19.1. The van der Waals surface area contributed by atoms with Crippen LogP contribution >= 0.6 is 0 Å². The van der Waals surface area contributed by atoms with Crippen molar-refractivity contribution in [2.75, 3.05) is 33.8 Å². The number of likely N-dealkylation sites (N-methyl/N-ethyl adjacent to an activating group) is 1. The van der Waals surface area contributed by atoms with E-state index in [0.717, 1.165) is 22.3 Å². The van der Waals surface area contributed by atoms with Gasteiger partial charge in [-0.15, -0.1) is 0 Å². The monoisotopic (exact) mass is 443 g/mol. The summed E-state index contributed by atoms with van der Waals surface area (Å²) < 4.78 is 6.17. The topological polar surface area (TPSA) is 62.7 Å². The van der Waals surface area contributed by atoms with Gasteiger partial charge in [0.25, 0.3) is 5.91 Å². The molecule has 0 N–H and O–H groups in total. The third kappa shape index (κ3) is 5.29. The Morgan fingerprint density at radius 1 is 1.00 bits per heavy atom. The Kier molecular flexibility index (Phi) is 6.84. The fraction of sp³-hybridized carbons (Fsp3) is 0.296. The first-order chi connectivity index (χ1) is 16.0. The van der Waals surface area contributed by atoms with Crippen LogP contribution in [0.5, 0.6) is 0 Å². The molecule has 0 bridgehead atoms. The SMILES string of the molecule is CN(C)C(=O)[C@]1(Cc2cccc(-c3ccccc3)c2)CN(C(=O)Cc2cccnc2)CCO1. The Morgan fingerprint density at radius 2 is 1.76 bits per heavy atom. The number of amides is 2. The summed E-state index contributed by atoms with van der Waals surface area (Å²) in [5, 5.41) is 0. The average molecular weight is 444 g/mol. The van der Waals surface area contributed by atoms with Crippen molar-refractivity contribution in [2.24, 2.45) is 0 Å². The molecule has 1 saturated heterocycles. The van der Waals surface area contributed by atoms with Gasteiger partial charge in [0.1, 0.15) is 0 Å². The summed E-state index contributed by atoms with van der Waals surface area (Å²) >= 11 is 0. The van der Waals surface area contributed by atoms with Gasteiger partial charge in [0.05, 0.1) is 19.6 Å². The number of carbonyl (C=O) groups excluding carboxylic acids is 2. The quantitative estimate of drug-likeness (QED) is 0.587. The van der Waals surface area contributed by atoms with Crippen molar-refractivity contribution in [3.63, 3.8) is 0 Å². The Balaban J connectivity index is 1.59. The molecule has 0 spiro atoms. The first-order valence-electron chi connectivity index (χ1n) is 11.1. The molecular weight excluding hydrogens is 414 g/mol. The van der Waals surface area contributed by atoms with Crippen molar-refractivity contribution in [1.29, 1.82) is 0 Å². The van der Waals surface area contributed by atoms with Gasteiger partial charge < -0.3 is 14.5 Å². The van der Waals surface area contributed by atoms with Gasteiger partial charge in [-0.25, -0.2) is 0 Å². The highest BCUT2D eigenvalue weighted by Crippen LogP contribution is 2.28. The van der Waals surface area contributed by atoms with Gasteiger partial charge in [-0.05, 0) is 28.3 Å². The van der Waals surface area contributed by atoms with Crippen molar-refractivity contribution >= 4 is 11.8 Å². The second-order valence-corrected chi connectivity index (χ2v) is 8.64. The standard InChI is InChI=1S/C27H29N3O3/c1-29(2)26(32)27(18-21-8-6-12-24(16-21)23-10-4-3-5-11-23)20-30(14-15-33-27)25(31)17-22-9-7-13-28-19-22/h3-13,16,19H,14-15,17-18,20H2,1-2H3/t27-/m0/s1. The van der Waals surface area contributed by atoms with Crippen molar-refractivity contribution in [3.8, 4) is 11.1 Å². The molecule has 1 atom stereocenters. The van der Waals surface area contributed by atoms with E-state index < -0.39 is 5.60 Å². The number of hydrogen-bond acceptors (Lipinski definition) is 4. The minimum absolute atomic E-state index is 0.0275. The third-order valence-corrected chi connectivity index (χ3v) is 5.94. The number of rotatable bonds is 6. The van der Waals surface area contributed by atoms with E-state index in [2.05, 4.69) is 29.2 Å². The van der Waals surface area contributed by atoms with Gasteiger partial charge in [0.2, 0.25) is 5.91 Å². The van der Waals surface area contributed by atoms with E-state index in [-0.39, 0.29) is 24.8 Å². The minimum atomic E-state index is -1.12. The summed E-state index contributed by atoms with van der Waals surface area (Å²) in [6, 6.07) is 22.0. The number of aromatic nitrogens is 1. The molecular formula is C27H29N3O3. The van der Waals surface area contributed by atoms with Crippen LogP contribution in [0.15, 0.2) is 79.1 Å². The maximum Gasteiger partial charge on any atom is 0.256 e. The molecule has 4 rings (SSSR count). The fourth-order valence-electron chi connectivity index (χ4n) is 4.33. The first-order valence-corrected chi connectivity index (χ1v) is 11.1. The molecule has 1 aromatic heterocycles. The lowest BCUT2D eigenvalue weighted by atomic mass is 9.89. The Bertz CT molecular complexity index is 1100. The van der Waals surface area contributed by atoms with Gasteiger partial charge in [-0.3, -0.25) is 14.6 Å². The minimum Gasteiger partial charge on any atom is -0.361 e. The average Bonchev–Trinajstić information content (AvgIpc) is 2.85. The molecule has 3 aromatic rings. The molecule has 170 valence electrons. The lowest BCUT2D eigenvalue weighted by molar-refractivity contribution is -0.172. The van der Waals surface area contributed by atoms with Crippen LogP contribution in [-0.2, 0) is 27.2 Å². The molecule has 2 aromatic carbocycles. The van der Waals surface area contributed by atoms with E-state index in [1.165, 1.54) is 0 Å². The van der Waals surface area contributed by atoms with Crippen molar-refractivity contribution in [1.82, 2.24) is 14.8 Å². The largest absolute Gasteiger partial charge is 0.361 e. The van der Waals surface area contributed by atoms with E-state index in [1.807, 2.05) is 42.5 Å². The molecule has 1 fully saturated rings. The fourth-order valence-corrected chi connectivity index (χ4v) is 4.33. The maximum absolute atomic E-state index is 13.4. The molecule has 33 heavy (non-hydrogen) atoms. The van der Waals surface area contributed by atoms with Crippen LogP contribution in [-0.4, -0.2) is 66.0 Å². The Hall–Kier alpha value is -3.51. The lowest BCUT2D eigenvalue weighted by Gasteiger charge is -2.43. The molecule has 2 amide bonds. The summed E-state index contributed by atoms with van der Waals surface area (Å²) in [5.74, 6) is -0.160. The van der Waals surface area contributed by atoms with Crippen LogP contribution < -0.4 is 0 Å². The third-order valence-electron chi connectivity index (χ3n) is 5.94. The van der Waals surface area contributed by atoms with E-state index in [4.69, 9.17) is 4.74 Å². The van der Waals surface area contributed by atoms with Gasteiger partial charge in [-0.2, -0.15) is 0 Å². The number of ether oxygens (including phenoxy) is 1. The second-order valence-electron chi connectivity index (χ2n) is 8.64. The van der Waals surface area contributed by atoms with E-state index >= 15 is 0 Å². The Labute approximate surface area is 194 Å². The number of morpholine rings is 1. The van der Waals surface area contributed by atoms with Crippen LogP contribution in [0.4, 0.5) is 0 Å². The van der Waals surface area contributed by atoms with Crippen LogP contribution in [0, 0.1) is 0 Å². The first kappa shape index (κ1) is 22.7. The summed E-state index contributed by atoms with van der Waals surface area (Å²) in [7, 11) is 3.45. The molecule has 1 aliphatic heterocycles. The zero-order chi connectivity index (χ0) is 23.3. The molecule has 0 unspecified atom stereocenters. The van der Waals surface area contributed by atoms with Crippen molar-refractivity contribution in [2.45, 2.75) is 18.4 Å². The molecule has 6 nitrogen and oxygen atoms in total. The van der Waals surface area contributed by atoms with Gasteiger partial charge >= 0.3 is 0 Å². The van der Waals surface area contributed by atoms with E-state index in [1.54, 1.807) is 36.3 Å². The number of nitrogens with zero attached hydrogens (tertiary/aromatic N) is 3. The van der Waals surface area contributed by atoms with Crippen LogP contribution in [0.25, 0.3) is 11.1 Å². The smallest absolute Gasteiger partial charge is 0.256 e. The summed E-state index contributed by atoms with van der Waals surface area (Å²) in [6.07, 6.45) is 4.03. The predicted molar refractivity (Wildman–Crippen MR) is 127 cm³/mol. The maximum atomic E-state index is 13.4. The summed E-state index contributed by atoms with van der Waals surface area (Å²) in [6.45, 7) is 1.00. The molecule has 0 aliphatic carbocycles. The highest BCUT2D eigenvalue weighted by Gasteiger charge is 2.46. The Morgan fingerprint density at radius 3 is 2.48 bits per heavy atom. The van der Waals surface area contributed by atoms with Gasteiger partial charge in [-0.1, -0.05) is 60.7 Å². The van der Waals surface area contributed by atoms with E-state index in [9.17, 15) is 9.59 Å². The molecule has 2 heterocycles. The number of hydrogen-bond donors (Lipinski definition) is 0. The van der Waals surface area contributed by atoms with Crippen molar-refractivity contribution in [3.05, 3.63) is 90.3 Å². The van der Waals surface area contributed by atoms with Crippen LogP contribution in [0.3, 0.4) is 0 Å². The number of pyridine rings is 1. The van der Waals surface area contributed by atoms with Crippen LogP contribution in [0.1, 0.15) is 11.1 Å². The van der Waals surface area contributed by atoms with Crippen LogP contribution in [0.2, 0.25) is 0 Å². The second kappa shape index (κ2) is 9.96. The summed E-state index contributed by atoms with van der Waals surface area (Å²) in [5.41, 5.74) is 2.93. The summed E-state index contributed by atoms with van der Waals surface area (Å²) in [4.78, 5) is 33.8. The highest BCUT2D eigenvalue weighted by atomic mass is 16.5. The highest BCUT2D eigenvalue weighted by molar-refractivity contribution is 5.87. The van der Waals surface area contributed by atoms with Gasteiger partial charge in [0, 0.05) is 39.5 Å². The zero-order valence-corrected chi connectivity index (χ0v) is 19.1. The number of benzene rings is 2. The number of carbonyl (C=O) groups is 2. The normalized spacial score (nSPS) is 18.1. The lowest BCUT2D eigenvalue weighted by Crippen LogP contribution is -2.62. The molecule has 1 aliphatic rings. The molecule has 0 radical (unpaired) electrons. The predicted octanol–water partition coefficient (Wildman–Crippen LogP) is 3.22. The molecule has 6 heteroatoms.